The van der Waals surface area contributed by atoms with Crippen molar-refractivity contribution in [2.24, 2.45) is 0 Å². The monoisotopic (exact) mass is 273 g/mol. The van der Waals surface area contributed by atoms with Crippen LogP contribution in [0.25, 0.3) is 6.08 Å². The van der Waals surface area contributed by atoms with Gasteiger partial charge in [-0.1, -0.05) is 24.3 Å². The zero-order valence-corrected chi connectivity index (χ0v) is 11.2. The number of ether oxygens (including phenoxy) is 1. The Kier molecular flexibility index (Phi) is 5.00. The number of alkyl halides is 3. The van der Waals surface area contributed by atoms with Gasteiger partial charge < -0.3 is 10.1 Å². The minimum atomic E-state index is -4.64. The fourth-order valence-corrected chi connectivity index (χ4v) is 1.34. The molecule has 0 atom stereocenters. The summed E-state index contributed by atoms with van der Waals surface area (Å²) in [6.45, 7) is 6.88. The lowest BCUT2D eigenvalue weighted by molar-refractivity contribution is -0.274. The van der Waals surface area contributed by atoms with Gasteiger partial charge in [-0.2, -0.15) is 0 Å². The van der Waals surface area contributed by atoms with Gasteiger partial charge >= 0.3 is 6.36 Å². The average molecular weight is 273 g/mol. The summed E-state index contributed by atoms with van der Waals surface area (Å²) in [5.74, 6) is -0.211. The normalized spacial score (nSPS) is 12.9. The van der Waals surface area contributed by atoms with Crippen molar-refractivity contribution in [1.29, 1.82) is 0 Å². The van der Waals surface area contributed by atoms with E-state index >= 15 is 0 Å². The van der Waals surface area contributed by atoms with Crippen molar-refractivity contribution in [3.05, 3.63) is 35.9 Å². The lowest BCUT2D eigenvalue weighted by Crippen LogP contribution is -2.35. The fraction of sp³-hybridized carbons (Fsp3) is 0.429. The van der Waals surface area contributed by atoms with Crippen LogP contribution in [0.3, 0.4) is 0 Å². The standard InChI is InChI=1S/C14H18F3NO/c1-13(2,3)18-10-4-5-11-6-8-12(9-7-11)19-14(15,16)17/h4-9,18H,10H2,1-3H3. The molecule has 5 heteroatoms. The molecule has 106 valence electrons. The first kappa shape index (κ1) is 15.6. The summed E-state index contributed by atoms with van der Waals surface area (Å²) in [5, 5.41) is 3.27. The molecule has 0 aliphatic heterocycles. The molecule has 0 amide bonds. The number of benzene rings is 1. The van der Waals surface area contributed by atoms with Crippen LogP contribution in [0.15, 0.2) is 30.3 Å². The van der Waals surface area contributed by atoms with Crippen molar-refractivity contribution in [2.75, 3.05) is 6.54 Å². The molecule has 0 aromatic heterocycles. The smallest absolute Gasteiger partial charge is 0.406 e. The van der Waals surface area contributed by atoms with E-state index in [1.165, 1.54) is 12.1 Å². The Labute approximate surface area is 111 Å². The van der Waals surface area contributed by atoms with E-state index in [0.717, 1.165) is 5.56 Å². The van der Waals surface area contributed by atoms with E-state index in [9.17, 15) is 13.2 Å². The first-order valence-corrected chi connectivity index (χ1v) is 5.93. The third-order valence-electron chi connectivity index (χ3n) is 2.17. The molecular weight excluding hydrogens is 255 g/mol. The van der Waals surface area contributed by atoms with Gasteiger partial charge in [0, 0.05) is 12.1 Å². The van der Waals surface area contributed by atoms with E-state index < -0.39 is 6.36 Å². The second-order valence-corrected chi connectivity index (χ2v) is 5.15. The maximum atomic E-state index is 12.0. The van der Waals surface area contributed by atoms with E-state index in [4.69, 9.17) is 0 Å². The second-order valence-electron chi connectivity index (χ2n) is 5.15. The highest BCUT2D eigenvalue weighted by atomic mass is 19.4. The zero-order chi connectivity index (χ0) is 14.5. The van der Waals surface area contributed by atoms with Crippen LogP contribution in [0.4, 0.5) is 13.2 Å². The molecule has 0 bridgehead atoms. The Morgan fingerprint density at radius 1 is 1.11 bits per heavy atom. The van der Waals surface area contributed by atoms with Gasteiger partial charge in [-0.05, 0) is 38.5 Å². The van der Waals surface area contributed by atoms with Crippen LogP contribution in [0.2, 0.25) is 0 Å². The number of nitrogens with one attached hydrogen (secondary N) is 1. The first-order valence-electron chi connectivity index (χ1n) is 5.93. The molecule has 0 aliphatic rings. The van der Waals surface area contributed by atoms with Crippen molar-refractivity contribution < 1.29 is 17.9 Å². The van der Waals surface area contributed by atoms with Gasteiger partial charge in [0.1, 0.15) is 5.75 Å². The Hall–Kier alpha value is -1.49. The van der Waals surface area contributed by atoms with Crippen LogP contribution in [0.5, 0.6) is 5.75 Å². The molecular formula is C14H18F3NO. The number of hydrogen-bond donors (Lipinski definition) is 1. The third-order valence-corrected chi connectivity index (χ3v) is 2.17. The Morgan fingerprint density at radius 2 is 1.68 bits per heavy atom. The second kappa shape index (κ2) is 6.10. The van der Waals surface area contributed by atoms with Crippen molar-refractivity contribution in [2.45, 2.75) is 32.7 Å². The summed E-state index contributed by atoms with van der Waals surface area (Å²) in [6, 6.07) is 5.75. The maximum absolute atomic E-state index is 12.0. The molecule has 1 aromatic carbocycles. The van der Waals surface area contributed by atoms with E-state index in [1.54, 1.807) is 12.1 Å². The molecule has 1 aromatic rings. The predicted molar refractivity (Wildman–Crippen MR) is 69.9 cm³/mol. The van der Waals surface area contributed by atoms with Crippen LogP contribution >= 0.6 is 0 Å². The lowest BCUT2D eigenvalue weighted by atomic mass is 10.1. The molecule has 1 N–H and O–H groups in total. The van der Waals surface area contributed by atoms with E-state index in [-0.39, 0.29) is 11.3 Å². The molecule has 19 heavy (non-hydrogen) atoms. The van der Waals surface area contributed by atoms with Gasteiger partial charge in [0.25, 0.3) is 0 Å². The summed E-state index contributed by atoms with van der Waals surface area (Å²) in [4.78, 5) is 0. The number of rotatable bonds is 4. The van der Waals surface area contributed by atoms with Gasteiger partial charge in [-0.15, -0.1) is 13.2 Å². The Bertz CT molecular complexity index is 416. The number of halogens is 3. The van der Waals surface area contributed by atoms with Gasteiger partial charge in [-0.3, -0.25) is 0 Å². The van der Waals surface area contributed by atoms with Gasteiger partial charge in [0.15, 0.2) is 0 Å². The average Bonchev–Trinajstić information content (AvgIpc) is 2.23. The minimum Gasteiger partial charge on any atom is -0.406 e. The molecule has 2 nitrogen and oxygen atoms in total. The molecule has 0 fully saturated rings. The van der Waals surface area contributed by atoms with Crippen LogP contribution in [0.1, 0.15) is 26.3 Å². The Morgan fingerprint density at radius 3 is 2.16 bits per heavy atom. The van der Waals surface area contributed by atoms with Crippen molar-refractivity contribution in [3.63, 3.8) is 0 Å². The van der Waals surface area contributed by atoms with Gasteiger partial charge in [0.05, 0.1) is 0 Å². The summed E-state index contributed by atoms with van der Waals surface area (Å²) in [7, 11) is 0. The third kappa shape index (κ3) is 7.51. The summed E-state index contributed by atoms with van der Waals surface area (Å²) in [5.41, 5.74) is 0.861. The fourth-order valence-electron chi connectivity index (χ4n) is 1.34. The summed E-state index contributed by atoms with van der Waals surface area (Å²) >= 11 is 0. The van der Waals surface area contributed by atoms with Gasteiger partial charge in [-0.25, -0.2) is 0 Å². The van der Waals surface area contributed by atoms with Crippen molar-refractivity contribution >= 4 is 6.08 Å². The lowest BCUT2D eigenvalue weighted by Gasteiger charge is -2.18. The molecule has 0 saturated heterocycles. The molecule has 0 aliphatic carbocycles. The topological polar surface area (TPSA) is 21.3 Å². The highest BCUT2D eigenvalue weighted by Crippen LogP contribution is 2.22. The quantitative estimate of drug-likeness (QED) is 0.895. The summed E-state index contributed by atoms with van der Waals surface area (Å²) < 4.78 is 39.7. The van der Waals surface area contributed by atoms with Crippen LogP contribution < -0.4 is 10.1 Å². The Balaban J connectivity index is 2.51. The maximum Gasteiger partial charge on any atom is 0.573 e. The molecule has 1 rings (SSSR count). The predicted octanol–water partition coefficient (Wildman–Crippen LogP) is 3.99. The van der Waals surface area contributed by atoms with E-state index in [0.29, 0.717) is 6.54 Å². The highest BCUT2D eigenvalue weighted by molar-refractivity contribution is 5.50. The van der Waals surface area contributed by atoms with Gasteiger partial charge in [0.2, 0.25) is 0 Å². The van der Waals surface area contributed by atoms with Crippen molar-refractivity contribution in [1.82, 2.24) is 5.32 Å². The molecule has 0 unspecified atom stereocenters. The summed E-state index contributed by atoms with van der Waals surface area (Å²) in [6.07, 6.45) is -0.880. The molecule has 0 spiro atoms. The SMILES string of the molecule is CC(C)(C)NCC=Cc1ccc(OC(F)(F)F)cc1. The van der Waals surface area contributed by atoms with Crippen LogP contribution in [0, 0.1) is 0 Å². The van der Waals surface area contributed by atoms with Crippen LogP contribution in [-0.2, 0) is 0 Å². The first-order chi connectivity index (χ1) is 8.66. The molecule has 0 heterocycles. The minimum absolute atomic E-state index is 0.0365. The number of hydrogen-bond acceptors (Lipinski definition) is 2. The molecule has 0 saturated carbocycles. The highest BCUT2D eigenvalue weighted by Gasteiger charge is 2.30. The van der Waals surface area contributed by atoms with E-state index in [1.807, 2.05) is 12.2 Å². The largest absolute Gasteiger partial charge is 0.573 e. The van der Waals surface area contributed by atoms with Crippen LogP contribution in [-0.4, -0.2) is 18.4 Å². The zero-order valence-electron chi connectivity index (χ0n) is 11.2. The van der Waals surface area contributed by atoms with E-state index in [2.05, 4.69) is 30.8 Å². The van der Waals surface area contributed by atoms with Crippen molar-refractivity contribution in [3.8, 4) is 5.75 Å². The molecule has 0 radical (unpaired) electrons.